The van der Waals surface area contributed by atoms with E-state index in [0.717, 1.165) is 42.9 Å². The van der Waals surface area contributed by atoms with Crippen molar-refractivity contribution in [1.29, 1.82) is 0 Å². The highest BCUT2D eigenvalue weighted by atomic mass is 16.3. The Bertz CT molecular complexity index is 571. The van der Waals surface area contributed by atoms with Gasteiger partial charge in [-0.05, 0) is 112 Å². The average molecular weight is 405 g/mol. The van der Waals surface area contributed by atoms with Crippen LogP contribution in [0.4, 0.5) is 0 Å². The number of rotatable bonds is 6. The first-order chi connectivity index (χ1) is 13.7. The molecule has 29 heavy (non-hydrogen) atoms. The summed E-state index contributed by atoms with van der Waals surface area (Å²) < 4.78 is 0. The highest BCUT2D eigenvalue weighted by Crippen LogP contribution is 2.68. The number of fused-ring (bicyclic) bond motifs is 5. The summed E-state index contributed by atoms with van der Waals surface area (Å²) in [6, 6.07) is 0. The molecule has 0 aromatic rings. The van der Waals surface area contributed by atoms with Gasteiger partial charge in [0.25, 0.3) is 0 Å². The van der Waals surface area contributed by atoms with Gasteiger partial charge in [-0.1, -0.05) is 46.5 Å². The standard InChI is InChI=1S/C27H48O2/c1-5-6-7-8-15-27(4,29)24-12-11-22-21-10-9-19-18-20(28)13-16-25(19,2)23(21)14-17-26(22,24)3/h19-24,28-29H,5-18H2,1-4H3/t19?,20-,21?,22?,23?,24?,25-,26-,27-/m0/s1. The van der Waals surface area contributed by atoms with Crippen molar-refractivity contribution >= 4 is 0 Å². The molecule has 9 atom stereocenters. The molecule has 4 saturated carbocycles. The van der Waals surface area contributed by atoms with Gasteiger partial charge in [0.05, 0.1) is 11.7 Å². The minimum Gasteiger partial charge on any atom is -0.393 e. The van der Waals surface area contributed by atoms with Gasteiger partial charge in [0.2, 0.25) is 0 Å². The van der Waals surface area contributed by atoms with Gasteiger partial charge in [-0.3, -0.25) is 0 Å². The van der Waals surface area contributed by atoms with E-state index in [9.17, 15) is 10.2 Å². The van der Waals surface area contributed by atoms with Crippen LogP contribution < -0.4 is 0 Å². The van der Waals surface area contributed by atoms with Crippen LogP contribution in [0.2, 0.25) is 0 Å². The fourth-order valence-corrected chi connectivity index (χ4v) is 9.34. The van der Waals surface area contributed by atoms with Gasteiger partial charge in [-0.25, -0.2) is 0 Å². The van der Waals surface area contributed by atoms with E-state index >= 15 is 0 Å². The first-order valence-corrected chi connectivity index (χ1v) is 13.1. The Morgan fingerprint density at radius 3 is 2.34 bits per heavy atom. The summed E-state index contributed by atoms with van der Waals surface area (Å²) in [5.74, 6) is 3.78. The second-order valence-corrected chi connectivity index (χ2v) is 12.4. The maximum Gasteiger partial charge on any atom is 0.0653 e. The third-order valence-electron chi connectivity index (χ3n) is 10.9. The lowest BCUT2D eigenvalue weighted by Crippen LogP contribution is -2.55. The molecule has 4 fully saturated rings. The lowest BCUT2D eigenvalue weighted by Gasteiger charge is -2.61. The Kier molecular flexibility index (Phi) is 6.19. The molecule has 0 aromatic carbocycles. The molecule has 4 aliphatic carbocycles. The molecule has 2 N–H and O–H groups in total. The minimum absolute atomic E-state index is 0.0443. The van der Waals surface area contributed by atoms with E-state index in [2.05, 4.69) is 27.7 Å². The van der Waals surface area contributed by atoms with E-state index in [1.165, 1.54) is 70.6 Å². The van der Waals surface area contributed by atoms with Crippen LogP contribution in [0.3, 0.4) is 0 Å². The van der Waals surface area contributed by atoms with Crippen LogP contribution in [-0.4, -0.2) is 21.9 Å². The van der Waals surface area contributed by atoms with Gasteiger partial charge in [-0.15, -0.1) is 0 Å². The second kappa shape index (κ2) is 8.12. The Hall–Kier alpha value is -0.0800. The molecule has 0 amide bonds. The molecule has 0 spiro atoms. The summed E-state index contributed by atoms with van der Waals surface area (Å²) in [5, 5.41) is 21.8. The molecule has 168 valence electrons. The molecule has 5 unspecified atom stereocenters. The van der Waals surface area contributed by atoms with Crippen LogP contribution in [-0.2, 0) is 0 Å². The predicted octanol–water partition coefficient (Wildman–Crippen LogP) is 6.73. The Morgan fingerprint density at radius 1 is 0.862 bits per heavy atom. The van der Waals surface area contributed by atoms with Crippen LogP contribution in [0.1, 0.15) is 118 Å². The van der Waals surface area contributed by atoms with Crippen LogP contribution in [0.5, 0.6) is 0 Å². The fourth-order valence-electron chi connectivity index (χ4n) is 9.34. The molecule has 0 radical (unpaired) electrons. The summed E-state index contributed by atoms with van der Waals surface area (Å²) in [6.45, 7) is 9.58. The zero-order chi connectivity index (χ0) is 20.9. The number of hydrogen-bond donors (Lipinski definition) is 2. The van der Waals surface area contributed by atoms with E-state index in [4.69, 9.17) is 0 Å². The van der Waals surface area contributed by atoms with Gasteiger partial charge < -0.3 is 10.2 Å². The Morgan fingerprint density at radius 2 is 1.59 bits per heavy atom. The Labute approximate surface area is 180 Å². The lowest BCUT2D eigenvalue weighted by atomic mass is 9.44. The molecule has 0 bridgehead atoms. The van der Waals surface area contributed by atoms with Crippen molar-refractivity contribution in [3.8, 4) is 0 Å². The van der Waals surface area contributed by atoms with Crippen molar-refractivity contribution in [3.05, 3.63) is 0 Å². The Balaban J connectivity index is 1.48. The summed E-state index contributed by atoms with van der Waals surface area (Å²) in [5.41, 5.74) is 0.317. The van der Waals surface area contributed by atoms with Crippen LogP contribution in [0.15, 0.2) is 0 Å². The molecular weight excluding hydrogens is 356 g/mol. The number of unbranched alkanes of at least 4 members (excludes halogenated alkanes) is 3. The number of aliphatic hydroxyl groups excluding tert-OH is 1. The zero-order valence-corrected chi connectivity index (χ0v) is 19.8. The lowest BCUT2D eigenvalue weighted by molar-refractivity contribution is -0.144. The monoisotopic (exact) mass is 404 g/mol. The number of aliphatic hydroxyl groups is 2. The molecule has 0 saturated heterocycles. The highest BCUT2D eigenvalue weighted by Gasteiger charge is 2.62. The van der Waals surface area contributed by atoms with Gasteiger partial charge in [-0.2, -0.15) is 0 Å². The second-order valence-electron chi connectivity index (χ2n) is 12.4. The van der Waals surface area contributed by atoms with Crippen LogP contribution in [0, 0.1) is 40.4 Å². The maximum absolute atomic E-state index is 11.6. The van der Waals surface area contributed by atoms with Crippen molar-refractivity contribution in [3.63, 3.8) is 0 Å². The third-order valence-corrected chi connectivity index (χ3v) is 10.9. The summed E-state index contributed by atoms with van der Waals surface area (Å²) in [6.07, 6.45) is 17.3. The largest absolute Gasteiger partial charge is 0.393 e. The van der Waals surface area contributed by atoms with Gasteiger partial charge in [0, 0.05) is 0 Å². The van der Waals surface area contributed by atoms with Crippen molar-refractivity contribution < 1.29 is 10.2 Å². The molecule has 4 rings (SSSR count). The van der Waals surface area contributed by atoms with Gasteiger partial charge in [0.15, 0.2) is 0 Å². The predicted molar refractivity (Wildman–Crippen MR) is 121 cm³/mol. The summed E-state index contributed by atoms with van der Waals surface area (Å²) in [4.78, 5) is 0. The normalized spacial score (nSPS) is 49.0. The molecule has 2 heteroatoms. The zero-order valence-electron chi connectivity index (χ0n) is 19.8. The summed E-state index contributed by atoms with van der Waals surface area (Å²) in [7, 11) is 0. The first kappa shape index (κ1) is 22.1. The van der Waals surface area contributed by atoms with Gasteiger partial charge in [0.1, 0.15) is 0 Å². The van der Waals surface area contributed by atoms with Crippen molar-refractivity contribution in [1.82, 2.24) is 0 Å². The van der Waals surface area contributed by atoms with E-state index < -0.39 is 5.60 Å². The van der Waals surface area contributed by atoms with E-state index in [-0.39, 0.29) is 6.10 Å². The molecule has 4 aliphatic rings. The molecule has 0 aliphatic heterocycles. The quantitative estimate of drug-likeness (QED) is 0.482. The first-order valence-electron chi connectivity index (χ1n) is 13.1. The maximum atomic E-state index is 11.6. The fraction of sp³-hybridized carbons (Fsp3) is 1.00. The van der Waals surface area contributed by atoms with Crippen molar-refractivity contribution in [2.24, 2.45) is 40.4 Å². The van der Waals surface area contributed by atoms with E-state index in [1.54, 1.807) is 0 Å². The minimum atomic E-state index is -0.486. The molecule has 0 heterocycles. The SMILES string of the molecule is CCCCCC[C@](C)(O)C1CCC2C3CCC4C[C@@H](O)CC[C@]4(C)C3CC[C@@]21C. The topological polar surface area (TPSA) is 40.5 Å². The van der Waals surface area contributed by atoms with E-state index in [1.807, 2.05) is 0 Å². The number of hydrogen-bond acceptors (Lipinski definition) is 2. The summed E-state index contributed by atoms with van der Waals surface area (Å²) >= 11 is 0. The third kappa shape index (κ3) is 3.73. The molecular formula is C27H48O2. The van der Waals surface area contributed by atoms with E-state index in [0.29, 0.717) is 16.7 Å². The van der Waals surface area contributed by atoms with Crippen LogP contribution >= 0.6 is 0 Å². The van der Waals surface area contributed by atoms with Crippen LogP contribution in [0.25, 0.3) is 0 Å². The van der Waals surface area contributed by atoms with Crippen molar-refractivity contribution in [2.75, 3.05) is 0 Å². The molecule has 0 aromatic heterocycles. The molecule has 2 nitrogen and oxygen atoms in total. The van der Waals surface area contributed by atoms with Crippen molar-refractivity contribution in [2.45, 2.75) is 129 Å². The smallest absolute Gasteiger partial charge is 0.0653 e. The van der Waals surface area contributed by atoms with Gasteiger partial charge >= 0.3 is 0 Å². The highest BCUT2D eigenvalue weighted by molar-refractivity contribution is 5.11. The average Bonchev–Trinajstić information content (AvgIpc) is 3.04.